The molecule has 3 aromatic carbocycles. The minimum atomic E-state index is -0.190. The highest BCUT2D eigenvalue weighted by molar-refractivity contribution is 6.00. The van der Waals surface area contributed by atoms with Gasteiger partial charge in [-0.1, -0.05) is 97.1 Å². The summed E-state index contributed by atoms with van der Waals surface area (Å²) < 4.78 is 0. The molecule has 0 unspecified atom stereocenters. The van der Waals surface area contributed by atoms with Crippen LogP contribution in [0.4, 0.5) is 0 Å². The molecular weight excluding hydrogens is 312 g/mol. The molecular formula is C26H18. The van der Waals surface area contributed by atoms with Gasteiger partial charge < -0.3 is 0 Å². The van der Waals surface area contributed by atoms with Crippen molar-refractivity contribution < 1.29 is 0 Å². The third-order valence-corrected chi connectivity index (χ3v) is 6.12. The Morgan fingerprint density at radius 1 is 0.615 bits per heavy atom. The van der Waals surface area contributed by atoms with Gasteiger partial charge in [0.2, 0.25) is 0 Å². The lowest BCUT2D eigenvalue weighted by atomic mass is 9.70. The summed E-state index contributed by atoms with van der Waals surface area (Å²) in [5.74, 6) is 0. The van der Waals surface area contributed by atoms with E-state index in [4.69, 9.17) is 0 Å². The van der Waals surface area contributed by atoms with Crippen LogP contribution < -0.4 is 0 Å². The zero-order valence-electron chi connectivity index (χ0n) is 14.4. The van der Waals surface area contributed by atoms with E-state index in [1.165, 1.54) is 44.5 Å². The minimum Gasteiger partial charge on any atom is -0.0807 e. The molecule has 0 aliphatic heterocycles. The van der Waals surface area contributed by atoms with E-state index in [0.29, 0.717) is 0 Å². The van der Waals surface area contributed by atoms with E-state index in [2.05, 4.69) is 97.1 Å². The third kappa shape index (κ3) is 1.51. The second-order valence-electron chi connectivity index (χ2n) is 7.25. The maximum Gasteiger partial charge on any atom is 0.0725 e. The molecule has 3 aliphatic rings. The van der Waals surface area contributed by atoms with Gasteiger partial charge in [0.25, 0.3) is 0 Å². The van der Waals surface area contributed by atoms with Crippen molar-refractivity contribution in [2.45, 2.75) is 11.8 Å². The topological polar surface area (TPSA) is 0 Å². The van der Waals surface area contributed by atoms with Gasteiger partial charge in [-0.2, -0.15) is 0 Å². The number of fused-ring (bicyclic) bond motifs is 10. The van der Waals surface area contributed by atoms with E-state index in [1.54, 1.807) is 0 Å². The van der Waals surface area contributed by atoms with Crippen LogP contribution in [0.25, 0.3) is 16.7 Å². The Bertz CT molecular complexity index is 1110. The molecule has 0 amide bonds. The molecule has 0 radical (unpaired) electrons. The Kier molecular flexibility index (Phi) is 2.69. The predicted molar refractivity (Wildman–Crippen MR) is 108 cm³/mol. The van der Waals surface area contributed by atoms with E-state index < -0.39 is 0 Å². The fourth-order valence-electron chi connectivity index (χ4n) is 5.22. The van der Waals surface area contributed by atoms with Crippen LogP contribution in [0, 0.1) is 0 Å². The van der Waals surface area contributed by atoms with Gasteiger partial charge in [0, 0.05) is 0 Å². The summed E-state index contributed by atoms with van der Waals surface area (Å²) >= 11 is 0. The molecule has 0 heteroatoms. The van der Waals surface area contributed by atoms with Gasteiger partial charge in [-0.15, -0.1) is 0 Å². The molecule has 0 N–H and O–H groups in total. The van der Waals surface area contributed by atoms with E-state index in [9.17, 15) is 0 Å². The molecule has 0 nitrogen and oxygen atoms in total. The highest BCUT2D eigenvalue weighted by atomic mass is 14.5. The highest BCUT2D eigenvalue weighted by Gasteiger charge is 2.52. The predicted octanol–water partition coefficient (Wildman–Crippen LogP) is 6.28. The van der Waals surface area contributed by atoms with Crippen LogP contribution >= 0.6 is 0 Å². The third-order valence-electron chi connectivity index (χ3n) is 6.12. The molecule has 1 spiro atoms. The molecule has 0 saturated heterocycles. The number of hydrogen-bond acceptors (Lipinski definition) is 0. The number of benzene rings is 3. The zero-order valence-corrected chi connectivity index (χ0v) is 14.4. The lowest BCUT2D eigenvalue weighted by Crippen LogP contribution is -2.25. The molecule has 0 fully saturated rings. The average Bonchev–Trinajstić information content (AvgIpc) is 3.00. The lowest BCUT2D eigenvalue weighted by Gasteiger charge is -2.30. The van der Waals surface area contributed by atoms with E-state index >= 15 is 0 Å². The van der Waals surface area contributed by atoms with Gasteiger partial charge in [-0.25, -0.2) is 0 Å². The van der Waals surface area contributed by atoms with Crippen molar-refractivity contribution in [2.75, 3.05) is 0 Å². The summed E-state index contributed by atoms with van der Waals surface area (Å²) in [7, 11) is 0. The largest absolute Gasteiger partial charge is 0.0807 e. The van der Waals surface area contributed by atoms with Gasteiger partial charge in [0.15, 0.2) is 0 Å². The van der Waals surface area contributed by atoms with E-state index in [0.717, 1.165) is 6.42 Å². The Labute approximate surface area is 153 Å². The van der Waals surface area contributed by atoms with Crippen molar-refractivity contribution in [2.24, 2.45) is 0 Å². The summed E-state index contributed by atoms with van der Waals surface area (Å²) in [6.07, 6.45) is 10.2. The molecule has 26 heavy (non-hydrogen) atoms. The quantitative estimate of drug-likeness (QED) is 0.455. The Morgan fingerprint density at radius 2 is 1.15 bits per heavy atom. The molecule has 0 bridgehead atoms. The number of allylic oxidation sites excluding steroid dienone is 6. The van der Waals surface area contributed by atoms with Crippen LogP contribution in [0.2, 0.25) is 0 Å². The second-order valence-corrected chi connectivity index (χ2v) is 7.25. The fraction of sp³-hybridized carbons (Fsp3) is 0.0769. The van der Waals surface area contributed by atoms with Crippen molar-refractivity contribution in [1.29, 1.82) is 0 Å². The zero-order chi connectivity index (χ0) is 17.1. The Balaban J connectivity index is 1.85. The van der Waals surface area contributed by atoms with Crippen molar-refractivity contribution in [3.05, 3.63) is 125 Å². The second kappa shape index (κ2) is 4.95. The summed E-state index contributed by atoms with van der Waals surface area (Å²) in [6.45, 7) is 0. The first-order valence-electron chi connectivity index (χ1n) is 9.29. The SMILES string of the molecule is C1=CCC=C2C(=C1)C1(c3ccccc32)c2ccccc2-c2ccccc21. The Hall–Kier alpha value is -3.12. The summed E-state index contributed by atoms with van der Waals surface area (Å²) in [4.78, 5) is 0. The van der Waals surface area contributed by atoms with E-state index in [1.807, 2.05) is 0 Å². The van der Waals surface area contributed by atoms with E-state index in [-0.39, 0.29) is 5.41 Å². The lowest BCUT2D eigenvalue weighted by molar-refractivity contribution is 0.795. The molecule has 3 aliphatic carbocycles. The first kappa shape index (κ1) is 14.1. The normalized spacial score (nSPS) is 17.7. The first-order chi connectivity index (χ1) is 12.9. The van der Waals surface area contributed by atoms with Gasteiger partial charge >= 0.3 is 0 Å². The highest BCUT2D eigenvalue weighted by Crippen LogP contribution is 2.63. The van der Waals surface area contributed by atoms with Crippen molar-refractivity contribution in [1.82, 2.24) is 0 Å². The first-order valence-corrected chi connectivity index (χ1v) is 9.29. The summed E-state index contributed by atoms with van der Waals surface area (Å²) in [5, 5.41) is 0. The Morgan fingerprint density at radius 3 is 1.81 bits per heavy atom. The van der Waals surface area contributed by atoms with Crippen LogP contribution in [0.15, 0.2) is 103 Å². The summed E-state index contributed by atoms with van der Waals surface area (Å²) in [6, 6.07) is 26.9. The summed E-state index contributed by atoms with van der Waals surface area (Å²) in [5.41, 5.74) is 11.0. The number of rotatable bonds is 0. The molecule has 0 aromatic heterocycles. The van der Waals surface area contributed by atoms with Crippen LogP contribution in [0.5, 0.6) is 0 Å². The van der Waals surface area contributed by atoms with Crippen LogP contribution in [-0.2, 0) is 5.41 Å². The smallest absolute Gasteiger partial charge is 0.0725 e. The van der Waals surface area contributed by atoms with Crippen LogP contribution in [0.3, 0.4) is 0 Å². The standard InChI is InChI=1S/C26H18/c1-2-10-18-19-11-4-7-15-23(19)26(22(18)14-3-1)24-16-8-5-12-20(24)21-13-6-9-17-25(21)26/h1,3-17H,2H2. The molecule has 6 rings (SSSR count). The molecule has 0 saturated carbocycles. The minimum absolute atomic E-state index is 0.190. The maximum absolute atomic E-state index is 2.40. The molecule has 3 aromatic rings. The van der Waals surface area contributed by atoms with Crippen LogP contribution in [-0.4, -0.2) is 0 Å². The monoisotopic (exact) mass is 330 g/mol. The molecule has 0 heterocycles. The van der Waals surface area contributed by atoms with Gasteiger partial charge in [0.1, 0.15) is 0 Å². The molecule has 0 atom stereocenters. The van der Waals surface area contributed by atoms with Gasteiger partial charge in [-0.3, -0.25) is 0 Å². The van der Waals surface area contributed by atoms with Gasteiger partial charge in [0.05, 0.1) is 5.41 Å². The van der Waals surface area contributed by atoms with Crippen molar-refractivity contribution in [3.8, 4) is 11.1 Å². The van der Waals surface area contributed by atoms with Crippen molar-refractivity contribution in [3.63, 3.8) is 0 Å². The van der Waals surface area contributed by atoms with Crippen molar-refractivity contribution >= 4 is 5.57 Å². The average molecular weight is 330 g/mol. The fourth-order valence-corrected chi connectivity index (χ4v) is 5.22. The maximum atomic E-state index is 2.40. The molecule has 122 valence electrons. The number of hydrogen-bond donors (Lipinski definition) is 0. The van der Waals surface area contributed by atoms with Gasteiger partial charge in [-0.05, 0) is 50.9 Å². The van der Waals surface area contributed by atoms with Crippen LogP contribution in [0.1, 0.15) is 28.7 Å².